The molecular formula is C37H34ClN3NaO8S2+. The molecule has 0 aromatic heterocycles. The Hall–Kier alpha value is -3.92. The monoisotopic (exact) mass is 770 g/mol. The summed E-state index contributed by atoms with van der Waals surface area (Å²) >= 11 is 6.69. The van der Waals surface area contributed by atoms with Gasteiger partial charge in [-0.25, -0.2) is 13.0 Å². The van der Waals surface area contributed by atoms with Gasteiger partial charge in [-0.3, -0.25) is 14.7 Å². The number of nitro groups is 1. The summed E-state index contributed by atoms with van der Waals surface area (Å²) in [5.74, 6) is 0. The maximum Gasteiger partial charge on any atom is 1.00 e. The van der Waals surface area contributed by atoms with Crippen molar-refractivity contribution < 1.29 is 65.0 Å². The van der Waals surface area contributed by atoms with Crippen LogP contribution in [0.25, 0.3) is 5.57 Å². The molecule has 0 saturated carbocycles. The van der Waals surface area contributed by atoms with Crippen molar-refractivity contribution in [2.45, 2.75) is 36.7 Å². The average molecular weight is 771 g/mol. The molecule has 4 aromatic carbocycles. The van der Waals surface area contributed by atoms with Crippen molar-refractivity contribution >= 4 is 54.5 Å². The van der Waals surface area contributed by atoms with Gasteiger partial charge in [-0.1, -0.05) is 48.0 Å². The van der Waals surface area contributed by atoms with Gasteiger partial charge in [0.2, 0.25) is 0 Å². The van der Waals surface area contributed by atoms with Crippen LogP contribution in [0.4, 0.5) is 11.4 Å². The number of benzene rings is 4. The summed E-state index contributed by atoms with van der Waals surface area (Å²) in [5, 5.41) is 12.1. The normalized spacial score (nSPS) is 12.7. The van der Waals surface area contributed by atoms with Crippen LogP contribution in [0.15, 0.2) is 131 Å². The van der Waals surface area contributed by atoms with Crippen molar-refractivity contribution in [3.63, 3.8) is 0 Å². The van der Waals surface area contributed by atoms with E-state index in [9.17, 15) is 36.1 Å². The average Bonchev–Trinajstić information content (AvgIpc) is 3.10. The minimum atomic E-state index is -4.60. The molecule has 0 amide bonds. The summed E-state index contributed by atoms with van der Waals surface area (Å²) in [7, 11) is -8.95. The van der Waals surface area contributed by atoms with Gasteiger partial charge in [0, 0.05) is 59.2 Å². The summed E-state index contributed by atoms with van der Waals surface area (Å²) in [4.78, 5) is 12.8. The van der Waals surface area contributed by atoms with Crippen LogP contribution in [0.1, 0.15) is 36.1 Å². The summed E-state index contributed by atoms with van der Waals surface area (Å²) in [6, 6.07) is 23.9. The second kappa shape index (κ2) is 17.3. The molecule has 0 fully saturated rings. The van der Waals surface area contributed by atoms with Crippen molar-refractivity contribution in [1.29, 1.82) is 0 Å². The fraction of sp³-hybridized carbons (Fsp3) is 0.162. The van der Waals surface area contributed by atoms with Gasteiger partial charge in [-0.2, -0.15) is 8.42 Å². The number of hydrogen-bond acceptors (Lipinski definition) is 8. The predicted octanol–water partition coefficient (Wildman–Crippen LogP) is 4.03. The van der Waals surface area contributed by atoms with E-state index in [1.165, 1.54) is 48.5 Å². The first-order chi connectivity index (χ1) is 24.2. The summed E-state index contributed by atoms with van der Waals surface area (Å²) in [6.45, 7) is 5.81. The van der Waals surface area contributed by atoms with E-state index in [4.69, 9.17) is 11.6 Å². The van der Waals surface area contributed by atoms with E-state index >= 15 is 0 Å². The number of anilines is 1. The second-order valence-corrected chi connectivity index (χ2v) is 14.9. The molecule has 264 valence electrons. The molecule has 1 N–H and O–H groups in total. The zero-order valence-corrected chi connectivity index (χ0v) is 33.0. The van der Waals surface area contributed by atoms with Gasteiger partial charge in [0.25, 0.3) is 15.8 Å². The molecule has 0 aliphatic heterocycles. The third-order valence-electron chi connectivity index (χ3n) is 8.37. The maximum absolute atomic E-state index is 11.8. The maximum atomic E-state index is 11.8. The molecule has 15 heteroatoms. The third kappa shape index (κ3) is 9.94. The number of halogens is 1. The molecular weight excluding hydrogens is 737 g/mol. The van der Waals surface area contributed by atoms with Gasteiger partial charge in [-0.15, -0.1) is 0 Å². The van der Waals surface area contributed by atoms with E-state index in [-0.39, 0.29) is 45.0 Å². The Labute approximate surface area is 330 Å². The molecule has 0 heterocycles. The van der Waals surface area contributed by atoms with Gasteiger partial charge in [0.05, 0.1) is 14.7 Å². The van der Waals surface area contributed by atoms with Gasteiger partial charge in [0.1, 0.15) is 16.7 Å². The van der Waals surface area contributed by atoms with Gasteiger partial charge in [0.15, 0.2) is 12.3 Å². The third-order valence-corrected chi connectivity index (χ3v) is 10.4. The number of hydrogen-bond donors (Lipinski definition) is 1. The Kier molecular flexibility index (Phi) is 13.6. The first-order valence-corrected chi connectivity index (χ1v) is 19.0. The van der Waals surface area contributed by atoms with E-state index in [1.54, 1.807) is 18.2 Å². The molecule has 4 aromatic rings. The smallest absolute Gasteiger partial charge is 0.744 e. The molecule has 0 bridgehead atoms. The largest absolute Gasteiger partial charge is 1.00 e. The molecule has 52 heavy (non-hydrogen) atoms. The van der Waals surface area contributed by atoms with Crippen LogP contribution in [0, 0.1) is 10.1 Å². The van der Waals surface area contributed by atoms with Crippen LogP contribution in [0.3, 0.4) is 0 Å². The van der Waals surface area contributed by atoms with E-state index < -0.39 is 25.2 Å². The summed E-state index contributed by atoms with van der Waals surface area (Å²) < 4.78 is 69.6. The standard InChI is InChI=1S/C37H34ClN3O8S2.Na/c1-3-39(24-26-7-5-9-33(21-26)50(44,45)46)30-15-11-28(12-16-30)37(35-23-32(41(42)43)19-20-36(35)38)29-13-17-31(18-14-29)40(4-2)25-27-8-6-10-34(22-27)51(47,48)49;/h5-23H,3-4,24-25H2,1-2H3,(H-,44,45,46,47,48,49);/q;+1. The Bertz CT molecular complexity index is 2320. The van der Waals surface area contributed by atoms with Crippen LogP contribution < -0.4 is 34.5 Å². The molecule has 0 radical (unpaired) electrons. The van der Waals surface area contributed by atoms with Crippen molar-refractivity contribution in [2.75, 3.05) is 18.0 Å². The summed E-state index contributed by atoms with van der Waals surface area (Å²) in [6.07, 6.45) is 7.58. The van der Waals surface area contributed by atoms with Crippen molar-refractivity contribution in [1.82, 2.24) is 0 Å². The minimum Gasteiger partial charge on any atom is -0.744 e. The fourth-order valence-electron chi connectivity index (χ4n) is 5.79. The summed E-state index contributed by atoms with van der Waals surface area (Å²) in [5.41, 5.74) is 5.48. The molecule has 0 spiro atoms. The molecule has 1 aliphatic rings. The molecule has 0 unspecified atom stereocenters. The molecule has 0 saturated heterocycles. The number of rotatable bonds is 12. The molecule has 11 nitrogen and oxygen atoms in total. The number of non-ortho nitro benzene ring substituents is 1. The topological polar surface area (TPSA) is 161 Å². The number of nitrogens with zero attached hydrogens (tertiary/aromatic N) is 3. The number of allylic oxidation sites excluding steroid dienone is 5. The SMILES string of the molecule is CCN(Cc1cccc(S(=O)(=O)[O-])c1)c1ccc(C(=C2C=CC(=[N+](CC)Cc3cccc(S(=O)(=O)O)c3)C=C2)c2cc([N+](=O)[O-])ccc2Cl)cc1.[Na+]. The van der Waals surface area contributed by atoms with Gasteiger partial charge < -0.3 is 9.45 Å². The van der Waals surface area contributed by atoms with Crippen LogP contribution in [-0.4, -0.2) is 54.2 Å². The van der Waals surface area contributed by atoms with Crippen molar-refractivity contribution in [2.24, 2.45) is 0 Å². The molecule has 5 rings (SSSR count). The Morgan fingerprint density at radius 1 is 0.827 bits per heavy atom. The second-order valence-electron chi connectivity index (χ2n) is 11.6. The minimum absolute atomic E-state index is 0. The van der Waals surface area contributed by atoms with Crippen molar-refractivity contribution in [3.8, 4) is 0 Å². The predicted molar refractivity (Wildman–Crippen MR) is 196 cm³/mol. The zero-order chi connectivity index (χ0) is 36.9. The van der Waals surface area contributed by atoms with Crippen LogP contribution in [0.5, 0.6) is 0 Å². The van der Waals surface area contributed by atoms with E-state index in [2.05, 4.69) is 0 Å². The van der Waals surface area contributed by atoms with Gasteiger partial charge in [-0.05, 0) is 90.7 Å². The van der Waals surface area contributed by atoms with Crippen molar-refractivity contribution in [3.05, 3.63) is 158 Å². The first kappa shape index (κ1) is 40.8. The van der Waals surface area contributed by atoms with Gasteiger partial charge >= 0.3 is 29.6 Å². The van der Waals surface area contributed by atoms with Crippen LogP contribution >= 0.6 is 11.6 Å². The van der Waals surface area contributed by atoms with E-state index in [1.807, 2.05) is 71.9 Å². The first-order valence-electron chi connectivity index (χ1n) is 15.8. The molecule has 1 aliphatic carbocycles. The number of nitro benzene ring substituents is 1. The zero-order valence-electron chi connectivity index (χ0n) is 28.6. The van der Waals surface area contributed by atoms with Crippen LogP contribution in [0.2, 0.25) is 5.02 Å². The van der Waals surface area contributed by atoms with E-state index in [0.29, 0.717) is 53.5 Å². The molecule has 0 atom stereocenters. The quantitative estimate of drug-likeness (QED) is 0.0738. The van der Waals surface area contributed by atoms with E-state index in [0.717, 1.165) is 22.5 Å². The Morgan fingerprint density at radius 2 is 1.44 bits per heavy atom. The Balaban J connectivity index is 0.00000605. The Morgan fingerprint density at radius 3 is 2.02 bits per heavy atom. The fourth-order valence-corrected chi connectivity index (χ4v) is 7.09. The van der Waals surface area contributed by atoms with Crippen LogP contribution in [-0.2, 0) is 33.3 Å².